The molecule has 0 saturated carbocycles. The number of hydrogen-bond donors (Lipinski definition) is 1. The van der Waals surface area contributed by atoms with E-state index in [1.54, 1.807) is 19.4 Å². The molecule has 112 valence electrons. The Kier molecular flexibility index (Phi) is 5.11. The highest BCUT2D eigenvalue weighted by atomic mass is 16.5. The number of nitrogens with zero attached hydrogens (tertiary/aromatic N) is 2. The first kappa shape index (κ1) is 15.3. The predicted octanol–water partition coefficient (Wildman–Crippen LogP) is 2.87. The van der Waals surface area contributed by atoms with Gasteiger partial charge in [-0.15, -0.1) is 0 Å². The van der Waals surface area contributed by atoms with Gasteiger partial charge in [-0.1, -0.05) is 13.8 Å². The molecule has 0 aliphatic rings. The van der Waals surface area contributed by atoms with Crippen LogP contribution in [0.3, 0.4) is 0 Å². The molecule has 0 spiro atoms. The van der Waals surface area contributed by atoms with Crippen LogP contribution in [0, 0.1) is 5.92 Å². The van der Waals surface area contributed by atoms with Crippen LogP contribution in [0.5, 0.6) is 0 Å². The molecule has 5 heteroatoms. The van der Waals surface area contributed by atoms with Crippen molar-refractivity contribution in [2.45, 2.75) is 26.9 Å². The summed E-state index contributed by atoms with van der Waals surface area (Å²) in [6.45, 7) is 6.45. The normalized spacial score (nSPS) is 12.4. The van der Waals surface area contributed by atoms with Crippen LogP contribution in [0.4, 0.5) is 5.69 Å². The van der Waals surface area contributed by atoms with Gasteiger partial charge in [-0.25, -0.2) is 4.98 Å². The molecule has 0 saturated heterocycles. The lowest BCUT2D eigenvalue weighted by molar-refractivity contribution is -0.126. The van der Waals surface area contributed by atoms with Gasteiger partial charge in [-0.3, -0.25) is 4.79 Å². The van der Waals surface area contributed by atoms with Gasteiger partial charge >= 0.3 is 0 Å². The number of anilines is 1. The van der Waals surface area contributed by atoms with Crippen LogP contribution in [0.25, 0.3) is 5.69 Å². The Labute approximate surface area is 125 Å². The first-order valence-corrected chi connectivity index (χ1v) is 7.07. The van der Waals surface area contributed by atoms with E-state index in [0.29, 0.717) is 12.5 Å². The fourth-order valence-corrected chi connectivity index (χ4v) is 1.79. The van der Waals surface area contributed by atoms with Crippen molar-refractivity contribution in [1.82, 2.24) is 9.55 Å². The molecule has 0 fully saturated rings. The van der Waals surface area contributed by atoms with Crippen molar-refractivity contribution in [1.29, 1.82) is 0 Å². The summed E-state index contributed by atoms with van der Waals surface area (Å²) in [5.74, 6) is 0.278. The standard InChI is InChI=1S/C16H21N3O2/c1-12(2)10-21-13(3)16(20)18-14-4-6-15(7-5-14)19-9-8-17-11-19/h4-9,11-13H,10H2,1-3H3,(H,18,20)/t13-/m1/s1. The minimum absolute atomic E-state index is 0.133. The molecule has 1 atom stereocenters. The Morgan fingerprint density at radius 1 is 1.29 bits per heavy atom. The summed E-state index contributed by atoms with van der Waals surface area (Å²) < 4.78 is 7.40. The molecule has 2 aromatic rings. The summed E-state index contributed by atoms with van der Waals surface area (Å²) in [5.41, 5.74) is 1.75. The fourth-order valence-electron chi connectivity index (χ4n) is 1.79. The molecule has 1 heterocycles. The summed E-state index contributed by atoms with van der Waals surface area (Å²) in [4.78, 5) is 16.0. The van der Waals surface area contributed by atoms with E-state index in [1.807, 2.05) is 35.0 Å². The number of hydrogen-bond acceptors (Lipinski definition) is 3. The molecule has 0 aliphatic heterocycles. The zero-order valence-corrected chi connectivity index (χ0v) is 12.6. The van der Waals surface area contributed by atoms with E-state index in [4.69, 9.17) is 4.74 Å². The van der Waals surface area contributed by atoms with Gasteiger partial charge < -0.3 is 14.6 Å². The topological polar surface area (TPSA) is 56.1 Å². The van der Waals surface area contributed by atoms with Gasteiger partial charge in [0.05, 0.1) is 6.33 Å². The van der Waals surface area contributed by atoms with Crippen LogP contribution in [0.15, 0.2) is 43.0 Å². The molecular formula is C16H21N3O2. The number of imidazole rings is 1. The largest absolute Gasteiger partial charge is 0.368 e. The number of aromatic nitrogens is 2. The average Bonchev–Trinajstić information content (AvgIpc) is 2.99. The molecule has 1 amide bonds. The number of ether oxygens (including phenoxy) is 1. The summed E-state index contributed by atoms with van der Waals surface area (Å²) >= 11 is 0. The van der Waals surface area contributed by atoms with Crippen LogP contribution in [-0.2, 0) is 9.53 Å². The number of rotatable bonds is 6. The lowest BCUT2D eigenvalue weighted by atomic mass is 10.2. The van der Waals surface area contributed by atoms with E-state index in [-0.39, 0.29) is 5.91 Å². The maximum atomic E-state index is 12.0. The lowest BCUT2D eigenvalue weighted by Crippen LogP contribution is -2.28. The van der Waals surface area contributed by atoms with E-state index in [2.05, 4.69) is 24.1 Å². The molecule has 5 nitrogen and oxygen atoms in total. The van der Waals surface area contributed by atoms with E-state index in [0.717, 1.165) is 11.4 Å². The maximum absolute atomic E-state index is 12.0. The molecule has 0 unspecified atom stereocenters. The molecule has 1 aromatic heterocycles. The molecule has 2 rings (SSSR count). The van der Waals surface area contributed by atoms with Crippen LogP contribution in [0.2, 0.25) is 0 Å². The molecule has 0 bridgehead atoms. The molecule has 21 heavy (non-hydrogen) atoms. The van der Waals surface area contributed by atoms with E-state index in [9.17, 15) is 4.79 Å². The zero-order chi connectivity index (χ0) is 15.2. The summed E-state index contributed by atoms with van der Waals surface area (Å²) in [5, 5.41) is 2.85. The minimum Gasteiger partial charge on any atom is -0.368 e. The Bertz CT molecular complexity index is 562. The zero-order valence-electron chi connectivity index (χ0n) is 12.6. The highest BCUT2D eigenvalue weighted by molar-refractivity contribution is 5.93. The van der Waals surface area contributed by atoms with Crippen LogP contribution in [-0.4, -0.2) is 28.2 Å². The van der Waals surface area contributed by atoms with Crippen molar-refractivity contribution in [3.63, 3.8) is 0 Å². The number of carbonyl (C=O) groups excluding carboxylic acids is 1. The monoisotopic (exact) mass is 287 g/mol. The Hall–Kier alpha value is -2.14. The maximum Gasteiger partial charge on any atom is 0.253 e. The Morgan fingerprint density at radius 3 is 2.57 bits per heavy atom. The van der Waals surface area contributed by atoms with Gasteiger partial charge in [0.25, 0.3) is 5.91 Å². The molecule has 1 aromatic carbocycles. The van der Waals surface area contributed by atoms with E-state index < -0.39 is 6.10 Å². The van der Waals surface area contributed by atoms with Crippen LogP contribution >= 0.6 is 0 Å². The third-order valence-electron chi connectivity index (χ3n) is 2.99. The molecule has 0 aliphatic carbocycles. The van der Waals surface area contributed by atoms with Crippen molar-refractivity contribution in [3.8, 4) is 5.69 Å². The number of benzene rings is 1. The minimum atomic E-state index is -0.458. The van der Waals surface area contributed by atoms with Gasteiger partial charge in [0, 0.05) is 30.4 Å². The quantitative estimate of drug-likeness (QED) is 0.888. The van der Waals surface area contributed by atoms with Crippen molar-refractivity contribution >= 4 is 11.6 Å². The van der Waals surface area contributed by atoms with Gasteiger partial charge in [0.2, 0.25) is 0 Å². The van der Waals surface area contributed by atoms with Gasteiger partial charge in [-0.05, 0) is 37.1 Å². The van der Waals surface area contributed by atoms with Gasteiger partial charge in [0.1, 0.15) is 6.10 Å². The molecule has 1 N–H and O–H groups in total. The second-order valence-corrected chi connectivity index (χ2v) is 5.38. The Balaban J connectivity index is 1.92. The SMILES string of the molecule is CC(C)CO[C@H](C)C(=O)Nc1ccc(-n2ccnc2)cc1. The molecular weight excluding hydrogens is 266 g/mol. The van der Waals surface area contributed by atoms with E-state index >= 15 is 0 Å². The third kappa shape index (κ3) is 4.43. The van der Waals surface area contributed by atoms with Crippen molar-refractivity contribution in [2.75, 3.05) is 11.9 Å². The van der Waals surface area contributed by atoms with Crippen molar-refractivity contribution in [2.24, 2.45) is 5.92 Å². The average molecular weight is 287 g/mol. The summed E-state index contributed by atoms with van der Waals surface area (Å²) in [7, 11) is 0. The summed E-state index contributed by atoms with van der Waals surface area (Å²) in [6.07, 6.45) is 4.87. The second kappa shape index (κ2) is 7.04. The number of carbonyl (C=O) groups is 1. The first-order valence-electron chi connectivity index (χ1n) is 7.07. The second-order valence-electron chi connectivity index (χ2n) is 5.38. The number of nitrogens with one attached hydrogen (secondary N) is 1. The highest BCUT2D eigenvalue weighted by Crippen LogP contribution is 2.13. The van der Waals surface area contributed by atoms with E-state index in [1.165, 1.54) is 0 Å². The van der Waals surface area contributed by atoms with Crippen molar-refractivity contribution in [3.05, 3.63) is 43.0 Å². The Morgan fingerprint density at radius 2 is 2.00 bits per heavy atom. The van der Waals surface area contributed by atoms with Gasteiger partial charge in [0.15, 0.2) is 0 Å². The third-order valence-corrected chi connectivity index (χ3v) is 2.99. The van der Waals surface area contributed by atoms with Crippen LogP contribution < -0.4 is 5.32 Å². The summed E-state index contributed by atoms with van der Waals surface area (Å²) in [6, 6.07) is 7.58. The van der Waals surface area contributed by atoms with Crippen LogP contribution in [0.1, 0.15) is 20.8 Å². The highest BCUT2D eigenvalue weighted by Gasteiger charge is 2.14. The predicted molar refractivity (Wildman–Crippen MR) is 82.4 cm³/mol. The van der Waals surface area contributed by atoms with Crippen molar-refractivity contribution < 1.29 is 9.53 Å². The smallest absolute Gasteiger partial charge is 0.253 e. The lowest BCUT2D eigenvalue weighted by Gasteiger charge is -2.15. The molecule has 0 radical (unpaired) electrons. The number of amides is 1. The van der Waals surface area contributed by atoms with Gasteiger partial charge in [-0.2, -0.15) is 0 Å². The fraction of sp³-hybridized carbons (Fsp3) is 0.375. The first-order chi connectivity index (χ1) is 10.1.